The molecule has 0 radical (unpaired) electrons. The molecule has 0 saturated heterocycles. The third kappa shape index (κ3) is 10.2. The first-order valence-corrected chi connectivity index (χ1v) is 6.62. The second kappa shape index (κ2) is 12.0. The van der Waals surface area contributed by atoms with E-state index in [1.807, 2.05) is 0 Å². The van der Waals surface area contributed by atoms with Crippen molar-refractivity contribution in [2.45, 2.75) is 58.8 Å². The van der Waals surface area contributed by atoms with Gasteiger partial charge in [0.05, 0.1) is 6.61 Å². The van der Waals surface area contributed by atoms with Crippen LogP contribution in [0.15, 0.2) is 0 Å². The number of hydrogen-bond acceptors (Lipinski definition) is 2. The van der Waals surface area contributed by atoms with Crippen molar-refractivity contribution in [2.75, 3.05) is 19.8 Å². The molecule has 0 fully saturated rings. The fourth-order valence-electron chi connectivity index (χ4n) is 1.78. The summed E-state index contributed by atoms with van der Waals surface area (Å²) >= 11 is 0. The average molecular weight is 215 g/mol. The summed E-state index contributed by atoms with van der Waals surface area (Å²) in [6.45, 7) is 6.78. The van der Waals surface area contributed by atoms with E-state index >= 15 is 0 Å². The van der Waals surface area contributed by atoms with E-state index < -0.39 is 0 Å². The minimum Gasteiger partial charge on any atom is -0.380 e. The minimum absolute atomic E-state index is 0.646. The number of hydrogen-bond donors (Lipinski definition) is 1. The van der Waals surface area contributed by atoms with Crippen LogP contribution in [0.5, 0.6) is 0 Å². The van der Waals surface area contributed by atoms with Crippen LogP contribution in [0, 0.1) is 5.92 Å². The second-order valence-electron chi connectivity index (χ2n) is 4.34. The lowest BCUT2D eigenvalue weighted by molar-refractivity contribution is 0.0996. The molecule has 0 bridgehead atoms. The fourth-order valence-corrected chi connectivity index (χ4v) is 1.78. The van der Waals surface area contributed by atoms with E-state index in [2.05, 4.69) is 13.8 Å². The molecule has 15 heavy (non-hydrogen) atoms. The Hall–Kier alpha value is -0.0800. The number of ether oxygens (including phenoxy) is 1. The lowest BCUT2D eigenvalue weighted by Gasteiger charge is -2.14. The van der Waals surface area contributed by atoms with Crippen molar-refractivity contribution in [1.29, 1.82) is 0 Å². The van der Waals surface area contributed by atoms with Gasteiger partial charge in [-0.05, 0) is 12.3 Å². The zero-order chi connectivity index (χ0) is 11.4. The second-order valence-corrected chi connectivity index (χ2v) is 4.34. The highest BCUT2D eigenvalue weighted by atomic mass is 16.5. The SMILES string of the molecule is CCCCCCCC(CC)COCCN. The Morgan fingerprint density at radius 1 is 1.07 bits per heavy atom. The van der Waals surface area contributed by atoms with Crippen molar-refractivity contribution in [1.82, 2.24) is 0 Å². The Morgan fingerprint density at radius 3 is 2.40 bits per heavy atom. The predicted octanol–water partition coefficient (Wildman–Crippen LogP) is 3.35. The quantitative estimate of drug-likeness (QED) is 0.536. The van der Waals surface area contributed by atoms with E-state index in [1.165, 1.54) is 44.9 Å². The predicted molar refractivity (Wildman–Crippen MR) is 67.0 cm³/mol. The van der Waals surface area contributed by atoms with Gasteiger partial charge in [0, 0.05) is 13.2 Å². The van der Waals surface area contributed by atoms with Crippen molar-refractivity contribution in [3.8, 4) is 0 Å². The van der Waals surface area contributed by atoms with E-state index in [1.54, 1.807) is 0 Å². The summed E-state index contributed by atoms with van der Waals surface area (Å²) in [5, 5.41) is 0. The lowest BCUT2D eigenvalue weighted by Crippen LogP contribution is -2.14. The van der Waals surface area contributed by atoms with Crippen molar-refractivity contribution >= 4 is 0 Å². The van der Waals surface area contributed by atoms with Gasteiger partial charge in [0.25, 0.3) is 0 Å². The molecule has 1 unspecified atom stereocenters. The van der Waals surface area contributed by atoms with Gasteiger partial charge in [-0.25, -0.2) is 0 Å². The first-order chi connectivity index (χ1) is 7.35. The summed E-state index contributed by atoms with van der Waals surface area (Å²) in [7, 11) is 0. The van der Waals surface area contributed by atoms with Gasteiger partial charge < -0.3 is 10.5 Å². The van der Waals surface area contributed by atoms with Gasteiger partial charge in [0.2, 0.25) is 0 Å². The number of unbranched alkanes of at least 4 members (excludes halogenated alkanes) is 4. The van der Waals surface area contributed by atoms with Crippen molar-refractivity contribution in [3.63, 3.8) is 0 Å². The first kappa shape index (κ1) is 14.9. The smallest absolute Gasteiger partial charge is 0.0588 e. The van der Waals surface area contributed by atoms with Crippen LogP contribution in [0.1, 0.15) is 58.8 Å². The molecule has 2 heteroatoms. The summed E-state index contributed by atoms with van der Waals surface area (Å²) in [5.41, 5.74) is 5.39. The van der Waals surface area contributed by atoms with Crippen LogP contribution >= 0.6 is 0 Å². The van der Waals surface area contributed by atoms with Crippen LogP contribution < -0.4 is 5.73 Å². The normalized spacial score (nSPS) is 13.0. The molecule has 0 saturated carbocycles. The maximum atomic E-state index is 5.49. The molecule has 0 aromatic rings. The summed E-state index contributed by atoms with van der Waals surface area (Å²) in [6, 6.07) is 0. The van der Waals surface area contributed by atoms with Gasteiger partial charge in [0.15, 0.2) is 0 Å². The van der Waals surface area contributed by atoms with Gasteiger partial charge in [-0.2, -0.15) is 0 Å². The molecule has 92 valence electrons. The summed E-state index contributed by atoms with van der Waals surface area (Å²) < 4.78 is 5.49. The highest BCUT2D eigenvalue weighted by Gasteiger charge is 2.05. The van der Waals surface area contributed by atoms with Crippen LogP contribution in [0.25, 0.3) is 0 Å². The van der Waals surface area contributed by atoms with Gasteiger partial charge in [-0.1, -0.05) is 52.4 Å². The van der Waals surface area contributed by atoms with Gasteiger partial charge in [-0.15, -0.1) is 0 Å². The molecule has 0 aromatic carbocycles. The summed E-state index contributed by atoms with van der Waals surface area (Å²) in [5.74, 6) is 0.748. The molecular formula is C13H29NO. The molecule has 0 aromatic heterocycles. The van der Waals surface area contributed by atoms with Crippen LogP contribution in [0.3, 0.4) is 0 Å². The van der Waals surface area contributed by atoms with Gasteiger partial charge in [-0.3, -0.25) is 0 Å². The summed E-state index contributed by atoms with van der Waals surface area (Å²) in [4.78, 5) is 0. The van der Waals surface area contributed by atoms with Gasteiger partial charge in [0.1, 0.15) is 0 Å². The molecule has 1 atom stereocenters. The molecule has 0 rings (SSSR count). The molecule has 0 amide bonds. The minimum atomic E-state index is 0.646. The van der Waals surface area contributed by atoms with E-state index in [9.17, 15) is 0 Å². The topological polar surface area (TPSA) is 35.2 Å². The summed E-state index contributed by atoms with van der Waals surface area (Å²) in [6.07, 6.45) is 9.43. The average Bonchev–Trinajstić information content (AvgIpc) is 2.26. The van der Waals surface area contributed by atoms with Crippen molar-refractivity contribution in [3.05, 3.63) is 0 Å². The number of rotatable bonds is 11. The monoisotopic (exact) mass is 215 g/mol. The Kier molecular flexibility index (Phi) is 11.9. The van der Waals surface area contributed by atoms with Crippen LogP contribution in [-0.2, 0) is 4.74 Å². The Labute approximate surface area is 95.6 Å². The number of nitrogens with two attached hydrogens (primary N) is 1. The third-order valence-electron chi connectivity index (χ3n) is 2.91. The fraction of sp³-hybridized carbons (Fsp3) is 1.00. The molecule has 2 N–H and O–H groups in total. The molecule has 0 spiro atoms. The third-order valence-corrected chi connectivity index (χ3v) is 2.91. The molecule has 0 aliphatic carbocycles. The molecular weight excluding hydrogens is 186 g/mol. The zero-order valence-electron chi connectivity index (χ0n) is 10.6. The first-order valence-electron chi connectivity index (χ1n) is 6.62. The highest BCUT2D eigenvalue weighted by molar-refractivity contribution is 4.57. The van der Waals surface area contributed by atoms with E-state index in [4.69, 9.17) is 10.5 Å². The van der Waals surface area contributed by atoms with Crippen molar-refractivity contribution in [2.24, 2.45) is 11.7 Å². The van der Waals surface area contributed by atoms with Crippen LogP contribution in [0.2, 0.25) is 0 Å². The van der Waals surface area contributed by atoms with Crippen LogP contribution in [0.4, 0.5) is 0 Å². The Balaban J connectivity index is 3.28. The molecule has 0 heterocycles. The molecule has 2 nitrogen and oxygen atoms in total. The van der Waals surface area contributed by atoms with Gasteiger partial charge >= 0.3 is 0 Å². The van der Waals surface area contributed by atoms with E-state index in [0.29, 0.717) is 13.2 Å². The zero-order valence-corrected chi connectivity index (χ0v) is 10.6. The standard InChI is InChI=1S/C13H29NO/c1-3-5-6-7-8-9-13(4-2)12-15-11-10-14/h13H,3-12,14H2,1-2H3. The lowest BCUT2D eigenvalue weighted by atomic mass is 9.99. The van der Waals surface area contributed by atoms with Crippen molar-refractivity contribution < 1.29 is 4.74 Å². The Bertz CT molecular complexity index is 117. The maximum absolute atomic E-state index is 5.49. The Morgan fingerprint density at radius 2 is 1.80 bits per heavy atom. The van der Waals surface area contributed by atoms with E-state index in [-0.39, 0.29) is 0 Å². The molecule has 0 aliphatic rings. The highest BCUT2D eigenvalue weighted by Crippen LogP contribution is 2.14. The van der Waals surface area contributed by atoms with E-state index in [0.717, 1.165) is 12.5 Å². The van der Waals surface area contributed by atoms with Crippen LogP contribution in [-0.4, -0.2) is 19.8 Å². The maximum Gasteiger partial charge on any atom is 0.0588 e. The molecule has 0 aliphatic heterocycles. The largest absolute Gasteiger partial charge is 0.380 e.